The molecule has 2 rings (SSSR count). The number of carbonyl (C=O) groups excluding carboxylic acids is 1. The fourth-order valence-corrected chi connectivity index (χ4v) is 4.03. The van der Waals surface area contributed by atoms with Crippen LogP contribution in [0.25, 0.3) is 0 Å². The molecule has 2 fully saturated rings. The van der Waals surface area contributed by atoms with Crippen LogP contribution in [0.5, 0.6) is 0 Å². The van der Waals surface area contributed by atoms with Gasteiger partial charge in [-0.15, -0.1) is 0 Å². The standard InChI is InChI=1S/C16H27NO3/c1-11(2)10-16(7-3-4-8-16)15(20)17-13-6-5-12(9-13)14(18)19/h11-13H,3-10H2,1-2H3,(H,17,20)(H,18,19). The molecule has 114 valence electrons. The Morgan fingerprint density at radius 3 is 2.40 bits per heavy atom. The average molecular weight is 281 g/mol. The number of hydrogen-bond donors (Lipinski definition) is 2. The lowest BCUT2D eigenvalue weighted by atomic mass is 9.77. The van der Waals surface area contributed by atoms with E-state index in [0.717, 1.165) is 38.5 Å². The number of nitrogens with one attached hydrogen (secondary N) is 1. The van der Waals surface area contributed by atoms with Gasteiger partial charge in [-0.25, -0.2) is 0 Å². The van der Waals surface area contributed by atoms with Crippen LogP contribution in [0, 0.1) is 17.3 Å². The van der Waals surface area contributed by atoms with E-state index in [9.17, 15) is 9.59 Å². The molecule has 2 aliphatic rings. The number of carbonyl (C=O) groups is 2. The first-order chi connectivity index (χ1) is 9.43. The second-order valence-electron chi connectivity index (χ2n) is 7.10. The first-order valence-electron chi connectivity index (χ1n) is 7.97. The molecule has 0 aliphatic heterocycles. The zero-order valence-corrected chi connectivity index (χ0v) is 12.7. The highest BCUT2D eigenvalue weighted by Gasteiger charge is 2.42. The van der Waals surface area contributed by atoms with Crippen LogP contribution in [0.1, 0.15) is 65.2 Å². The normalized spacial score (nSPS) is 28.8. The highest BCUT2D eigenvalue weighted by atomic mass is 16.4. The van der Waals surface area contributed by atoms with E-state index in [0.29, 0.717) is 18.8 Å². The summed E-state index contributed by atoms with van der Waals surface area (Å²) in [4.78, 5) is 23.7. The summed E-state index contributed by atoms with van der Waals surface area (Å²) in [5, 5.41) is 12.2. The van der Waals surface area contributed by atoms with Gasteiger partial charge in [0.05, 0.1) is 5.92 Å². The second-order valence-corrected chi connectivity index (χ2v) is 7.10. The van der Waals surface area contributed by atoms with Crippen LogP contribution in [0.3, 0.4) is 0 Å². The number of carboxylic acid groups (broad SMARTS) is 1. The minimum atomic E-state index is -0.723. The van der Waals surface area contributed by atoms with Crippen LogP contribution in [0.4, 0.5) is 0 Å². The third-order valence-electron chi connectivity index (χ3n) is 4.96. The van der Waals surface area contributed by atoms with Crippen LogP contribution in [-0.4, -0.2) is 23.0 Å². The molecule has 0 radical (unpaired) electrons. The van der Waals surface area contributed by atoms with Gasteiger partial charge in [-0.2, -0.15) is 0 Å². The molecule has 0 saturated heterocycles. The van der Waals surface area contributed by atoms with Gasteiger partial charge < -0.3 is 10.4 Å². The first-order valence-corrected chi connectivity index (χ1v) is 7.97. The Labute approximate surface area is 121 Å². The summed E-state index contributed by atoms with van der Waals surface area (Å²) < 4.78 is 0. The maximum absolute atomic E-state index is 12.7. The molecule has 1 amide bonds. The largest absolute Gasteiger partial charge is 0.481 e. The van der Waals surface area contributed by atoms with Crippen molar-refractivity contribution in [3.8, 4) is 0 Å². The summed E-state index contributed by atoms with van der Waals surface area (Å²) >= 11 is 0. The van der Waals surface area contributed by atoms with Crippen molar-refractivity contribution in [1.82, 2.24) is 5.32 Å². The molecular formula is C16H27NO3. The van der Waals surface area contributed by atoms with Crippen LogP contribution in [-0.2, 0) is 9.59 Å². The Morgan fingerprint density at radius 1 is 1.25 bits per heavy atom. The molecule has 0 aromatic heterocycles. The van der Waals surface area contributed by atoms with Crippen LogP contribution in [0.2, 0.25) is 0 Å². The summed E-state index contributed by atoms with van der Waals surface area (Å²) in [6.07, 6.45) is 7.31. The molecule has 20 heavy (non-hydrogen) atoms. The number of amides is 1. The Hall–Kier alpha value is -1.06. The second kappa shape index (κ2) is 6.15. The molecule has 4 nitrogen and oxygen atoms in total. The Kier molecular flexibility index (Phi) is 4.71. The van der Waals surface area contributed by atoms with Crippen molar-refractivity contribution < 1.29 is 14.7 Å². The van der Waals surface area contributed by atoms with Gasteiger partial charge in [0.25, 0.3) is 0 Å². The lowest BCUT2D eigenvalue weighted by Gasteiger charge is -2.31. The van der Waals surface area contributed by atoms with E-state index in [-0.39, 0.29) is 23.3 Å². The van der Waals surface area contributed by atoms with Crippen LogP contribution >= 0.6 is 0 Å². The van der Waals surface area contributed by atoms with Gasteiger partial charge in [0.15, 0.2) is 0 Å². The average Bonchev–Trinajstić information content (AvgIpc) is 2.98. The van der Waals surface area contributed by atoms with Crippen molar-refractivity contribution >= 4 is 11.9 Å². The Bertz CT molecular complexity index is 372. The molecule has 0 spiro atoms. The summed E-state index contributed by atoms with van der Waals surface area (Å²) in [7, 11) is 0. The summed E-state index contributed by atoms with van der Waals surface area (Å²) in [5.41, 5.74) is -0.185. The van der Waals surface area contributed by atoms with E-state index in [1.807, 2.05) is 0 Å². The van der Waals surface area contributed by atoms with E-state index in [1.54, 1.807) is 0 Å². The van der Waals surface area contributed by atoms with Crippen molar-refractivity contribution in [2.75, 3.05) is 0 Å². The number of aliphatic carboxylic acids is 1. The van der Waals surface area contributed by atoms with Crippen molar-refractivity contribution in [3.63, 3.8) is 0 Å². The van der Waals surface area contributed by atoms with Crippen molar-refractivity contribution in [2.24, 2.45) is 17.3 Å². The highest BCUT2D eigenvalue weighted by Crippen LogP contribution is 2.43. The molecular weight excluding hydrogens is 254 g/mol. The smallest absolute Gasteiger partial charge is 0.306 e. The lowest BCUT2D eigenvalue weighted by molar-refractivity contribution is -0.141. The van der Waals surface area contributed by atoms with E-state index in [2.05, 4.69) is 19.2 Å². The van der Waals surface area contributed by atoms with Crippen LogP contribution in [0.15, 0.2) is 0 Å². The molecule has 0 aromatic rings. The van der Waals surface area contributed by atoms with Gasteiger partial charge in [0.2, 0.25) is 5.91 Å². The van der Waals surface area contributed by atoms with Gasteiger partial charge in [0, 0.05) is 11.5 Å². The molecule has 0 heterocycles. The molecule has 4 heteroatoms. The van der Waals surface area contributed by atoms with Gasteiger partial charge in [-0.05, 0) is 44.4 Å². The predicted octanol–water partition coefficient (Wildman–Crippen LogP) is 2.96. The van der Waals surface area contributed by atoms with Gasteiger partial charge >= 0.3 is 5.97 Å². The molecule has 2 atom stereocenters. The fourth-order valence-electron chi connectivity index (χ4n) is 4.03. The zero-order chi connectivity index (χ0) is 14.8. The minimum Gasteiger partial charge on any atom is -0.481 e. The predicted molar refractivity (Wildman–Crippen MR) is 77.3 cm³/mol. The van der Waals surface area contributed by atoms with Crippen molar-refractivity contribution in [2.45, 2.75) is 71.3 Å². The van der Waals surface area contributed by atoms with Crippen molar-refractivity contribution in [3.05, 3.63) is 0 Å². The maximum Gasteiger partial charge on any atom is 0.306 e. The Morgan fingerprint density at radius 2 is 1.90 bits per heavy atom. The van der Waals surface area contributed by atoms with Gasteiger partial charge in [0.1, 0.15) is 0 Å². The summed E-state index contributed by atoms with van der Waals surface area (Å²) in [6, 6.07) is 0.0632. The quantitative estimate of drug-likeness (QED) is 0.814. The SMILES string of the molecule is CC(C)CC1(C(=O)NC2CCC(C(=O)O)C2)CCCC1. The van der Waals surface area contributed by atoms with Crippen LogP contribution < -0.4 is 5.32 Å². The molecule has 2 saturated carbocycles. The zero-order valence-electron chi connectivity index (χ0n) is 12.7. The molecule has 0 bridgehead atoms. The van der Waals surface area contributed by atoms with E-state index >= 15 is 0 Å². The lowest BCUT2D eigenvalue weighted by Crippen LogP contribution is -2.44. The fraction of sp³-hybridized carbons (Fsp3) is 0.875. The third kappa shape index (κ3) is 3.33. The molecule has 0 aromatic carbocycles. The Balaban J connectivity index is 1.94. The van der Waals surface area contributed by atoms with E-state index in [4.69, 9.17) is 5.11 Å². The van der Waals surface area contributed by atoms with Gasteiger partial charge in [-0.3, -0.25) is 9.59 Å². The number of hydrogen-bond acceptors (Lipinski definition) is 2. The van der Waals surface area contributed by atoms with Crippen molar-refractivity contribution in [1.29, 1.82) is 0 Å². The highest BCUT2D eigenvalue weighted by molar-refractivity contribution is 5.83. The summed E-state index contributed by atoms with van der Waals surface area (Å²) in [5.74, 6) is -0.293. The minimum absolute atomic E-state index is 0.0632. The molecule has 2 unspecified atom stereocenters. The maximum atomic E-state index is 12.7. The van der Waals surface area contributed by atoms with E-state index in [1.165, 1.54) is 0 Å². The number of rotatable bonds is 5. The first kappa shape index (κ1) is 15.3. The van der Waals surface area contributed by atoms with Gasteiger partial charge in [-0.1, -0.05) is 26.7 Å². The third-order valence-corrected chi connectivity index (χ3v) is 4.96. The van der Waals surface area contributed by atoms with E-state index < -0.39 is 5.97 Å². The summed E-state index contributed by atoms with van der Waals surface area (Å²) in [6.45, 7) is 4.34. The molecule has 2 N–H and O–H groups in total. The monoisotopic (exact) mass is 281 g/mol. The number of carboxylic acids is 1. The molecule has 2 aliphatic carbocycles. The topological polar surface area (TPSA) is 66.4 Å².